The molecule has 0 aliphatic rings. The second-order valence-corrected chi connectivity index (χ2v) is 5.71. The van der Waals surface area contributed by atoms with Crippen molar-refractivity contribution in [3.63, 3.8) is 0 Å². The lowest BCUT2D eigenvalue weighted by atomic mass is 10.00. The van der Waals surface area contributed by atoms with Crippen molar-refractivity contribution >= 4 is 22.7 Å². The standard InChI is InChI=1S/C11H15N3S2/c1-3-11(2,10-13-4-5-15-10)14-7-9-6-12-8-16-9/h4-6,8,14H,3,7H2,1-2H3. The lowest BCUT2D eigenvalue weighted by molar-refractivity contribution is 0.351. The van der Waals surface area contributed by atoms with Gasteiger partial charge < -0.3 is 5.32 Å². The lowest BCUT2D eigenvalue weighted by Gasteiger charge is -2.27. The van der Waals surface area contributed by atoms with Crippen LogP contribution in [0.5, 0.6) is 0 Å². The monoisotopic (exact) mass is 253 g/mol. The number of nitrogens with zero attached hydrogens (tertiary/aromatic N) is 2. The van der Waals surface area contributed by atoms with E-state index in [-0.39, 0.29) is 5.54 Å². The van der Waals surface area contributed by atoms with Crippen molar-refractivity contribution < 1.29 is 0 Å². The van der Waals surface area contributed by atoms with Gasteiger partial charge in [0.25, 0.3) is 0 Å². The molecular weight excluding hydrogens is 238 g/mol. The molecule has 0 fully saturated rings. The van der Waals surface area contributed by atoms with E-state index in [1.54, 1.807) is 22.7 Å². The summed E-state index contributed by atoms with van der Waals surface area (Å²) in [5.41, 5.74) is 1.84. The van der Waals surface area contributed by atoms with Gasteiger partial charge in [-0.15, -0.1) is 22.7 Å². The minimum absolute atomic E-state index is 0.0296. The van der Waals surface area contributed by atoms with Crippen molar-refractivity contribution in [1.29, 1.82) is 0 Å². The van der Waals surface area contributed by atoms with Gasteiger partial charge in [0.1, 0.15) is 5.01 Å². The second kappa shape index (κ2) is 5.03. The molecule has 2 aromatic heterocycles. The fraction of sp³-hybridized carbons (Fsp3) is 0.455. The SMILES string of the molecule is CCC(C)(NCc1cncs1)c1nccs1. The zero-order valence-corrected chi connectivity index (χ0v) is 11.1. The van der Waals surface area contributed by atoms with E-state index in [1.165, 1.54) is 4.88 Å². The fourth-order valence-corrected chi connectivity index (χ4v) is 2.84. The van der Waals surface area contributed by atoms with Gasteiger partial charge in [-0.25, -0.2) is 4.98 Å². The molecule has 1 atom stereocenters. The molecule has 2 heterocycles. The van der Waals surface area contributed by atoms with Crippen molar-refractivity contribution in [1.82, 2.24) is 15.3 Å². The van der Waals surface area contributed by atoms with Gasteiger partial charge >= 0.3 is 0 Å². The van der Waals surface area contributed by atoms with E-state index in [4.69, 9.17) is 0 Å². The Bertz CT molecular complexity index is 410. The van der Waals surface area contributed by atoms with Crippen LogP contribution in [0.3, 0.4) is 0 Å². The smallest absolute Gasteiger partial charge is 0.112 e. The van der Waals surface area contributed by atoms with Crippen LogP contribution in [0.4, 0.5) is 0 Å². The van der Waals surface area contributed by atoms with Gasteiger partial charge in [-0.3, -0.25) is 4.98 Å². The molecule has 1 unspecified atom stereocenters. The molecule has 0 amide bonds. The van der Waals surface area contributed by atoms with Crippen LogP contribution in [0.25, 0.3) is 0 Å². The second-order valence-electron chi connectivity index (χ2n) is 3.84. The minimum atomic E-state index is -0.0296. The van der Waals surface area contributed by atoms with Crippen molar-refractivity contribution in [2.75, 3.05) is 0 Å². The normalized spacial score (nSPS) is 14.9. The summed E-state index contributed by atoms with van der Waals surface area (Å²) in [7, 11) is 0. The highest BCUT2D eigenvalue weighted by Crippen LogP contribution is 2.26. The summed E-state index contributed by atoms with van der Waals surface area (Å²) in [6.07, 6.45) is 4.80. The Morgan fingerprint density at radius 2 is 2.31 bits per heavy atom. The molecule has 2 rings (SSSR count). The third kappa shape index (κ3) is 2.48. The summed E-state index contributed by atoms with van der Waals surface area (Å²) in [5.74, 6) is 0. The van der Waals surface area contributed by atoms with Gasteiger partial charge in [0.05, 0.1) is 11.0 Å². The highest BCUT2D eigenvalue weighted by atomic mass is 32.1. The maximum absolute atomic E-state index is 4.40. The van der Waals surface area contributed by atoms with Crippen LogP contribution in [-0.2, 0) is 12.1 Å². The third-order valence-corrected chi connectivity index (χ3v) is 4.56. The Morgan fingerprint density at radius 1 is 1.44 bits per heavy atom. The molecule has 3 nitrogen and oxygen atoms in total. The first kappa shape index (κ1) is 11.7. The predicted octanol–water partition coefficient (Wildman–Crippen LogP) is 3.01. The van der Waals surface area contributed by atoms with Gasteiger partial charge in [-0.2, -0.15) is 0 Å². The van der Waals surface area contributed by atoms with Gasteiger partial charge in [0.2, 0.25) is 0 Å². The number of hydrogen-bond donors (Lipinski definition) is 1. The van der Waals surface area contributed by atoms with Crippen LogP contribution in [0.1, 0.15) is 30.2 Å². The summed E-state index contributed by atoms with van der Waals surface area (Å²) in [5, 5.41) is 6.75. The number of rotatable bonds is 5. The molecular formula is C11H15N3S2. The maximum Gasteiger partial charge on any atom is 0.112 e. The quantitative estimate of drug-likeness (QED) is 0.890. The first-order valence-electron chi connectivity index (χ1n) is 5.27. The molecule has 5 heteroatoms. The molecule has 16 heavy (non-hydrogen) atoms. The number of hydrogen-bond acceptors (Lipinski definition) is 5. The number of aromatic nitrogens is 2. The molecule has 0 aromatic carbocycles. The molecule has 0 aliphatic heterocycles. The summed E-state index contributed by atoms with van der Waals surface area (Å²) in [6, 6.07) is 0. The van der Waals surface area contributed by atoms with Gasteiger partial charge in [-0.05, 0) is 13.3 Å². The van der Waals surface area contributed by atoms with E-state index in [9.17, 15) is 0 Å². The van der Waals surface area contributed by atoms with Crippen molar-refractivity contribution in [2.45, 2.75) is 32.4 Å². The van der Waals surface area contributed by atoms with E-state index in [0.717, 1.165) is 18.0 Å². The summed E-state index contributed by atoms with van der Waals surface area (Å²) < 4.78 is 0. The minimum Gasteiger partial charge on any atom is -0.301 e. The van der Waals surface area contributed by atoms with E-state index in [2.05, 4.69) is 29.1 Å². The Morgan fingerprint density at radius 3 is 2.88 bits per heavy atom. The molecule has 0 saturated heterocycles. The summed E-state index contributed by atoms with van der Waals surface area (Å²) >= 11 is 3.39. The van der Waals surface area contributed by atoms with Crippen LogP contribution in [0.15, 0.2) is 23.3 Å². The van der Waals surface area contributed by atoms with E-state index in [1.807, 2.05) is 23.3 Å². The van der Waals surface area contributed by atoms with E-state index in [0.29, 0.717) is 0 Å². The van der Waals surface area contributed by atoms with Crippen LogP contribution >= 0.6 is 22.7 Å². The summed E-state index contributed by atoms with van der Waals surface area (Å²) in [6.45, 7) is 5.24. The molecule has 2 aromatic rings. The van der Waals surface area contributed by atoms with Crippen LogP contribution < -0.4 is 5.32 Å². The van der Waals surface area contributed by atoms with Gasteiger partial charge in [0.15, 0.2) is 0 Å². The fourth-order valence-electron chi connectivity index (χ4n) is 1.46. The molecule has 1 N–H and O–H groups in total. The first-order valence-corrected chi connectivity index (χ1v) is 7.03. The van der Waals surface area contributed by atoms with Crippen molar-refractivity contribution in [3.05, 3.63) is 33.2 Å². The number of thiazole rings is 2. The topological polar surface area (TPSA) is 37.8 Å². The Balaban J connectivity index is 2.05. The Kier molecular flexibility index (Phi) is 3.68. The largest absolute Gasteiger partial charge is 0.301 e. The lowest BCUT2D eigenvalue weighted by Crippen LogP contribution is -2.38. The van der Waals surface area contributed by atoms with Crippen molar-refractivity contribution in [3.8, 4) is 0 Å². The maximum atomic E-state index is 4.40. The first-order chi connectivity index (χ1) is 7.74. The van der Waals surface area contributed by atoms with Gasteiger partial charge in [-0.1, -0.05) is 6.92 Å². The van der Waals surface area contributed by atoms with Crippen LogP contribution in [0, 0.1) is 0 Å². The average Bonchev–Trinajstić information content (AvgIpc) is 2.98. The average molecular weight is 253 g/mol. The van der Waals surface area contributed by atoms with Crippen LogP contribution in [-0.4, -0.2) is 9.97 Å². The van der Waals surface area contributed by atoms with Crippen LogP contribution in [0.2, 0.25) is 0 Å². The molecule has 0 bridgehead atoms. The Labute approximate surface area is 104 Å². The predicted molar refractivity (Wildman–Crippen MR) is 68.7 cm³/mol. The van der Waals surface area contributed by atoms with Crippen molar-refractivity contribution in [2.24, 2.45) is 0 Å². The molecule has 86 valence electrons. The Hall–Kier alpha value is -0.780. The highest BCUT2D eigenvalue weighted by Gasteiger charge is 2.26. The zero-order valence-electron chi connectivity index (χ0n) is 9.43. The van der Waals surface area contributed by atoms with E-state index < -0.39 is 0 Å². The molecule has 0 aliphatic carbocycles. The molecule has 0 spiro atoms. The molecule has 0 saturated carbocycles. The zero-order chi connectivity index (χ0) is 11.4. The van der Waals surface area contributed by atoms with E-state index >= 15 is 0 Å². The molecule has 0 radical (unpaired) electrons. The summed E-state index contributed by atoms with van der Waals surface area (Å²) in [4.78, 5) is 9.74. The number of nitrogens with one attached hydrogen (secondary N) is 1. The highest BCUT2D eigenvalue weighted by molar-refractivity contribution is 7.09. The third-order valence-electron chi connectivity index (χ3n) is 2.75. The van der Waals surface area contributed by atoms with Gasteiger partial charge in [0, 0.05) is 29.2 Å².